The van der Waals surface area contributed by atoms with Gasteiger partial charge in [0.25, 0.3) is 0 Å². The summed E-state index contributed by atoms with van der Waals surface area (Å²) < 4.78 is 0. The lowest BCUT2D eigenvalue weighted by Crippen LogP contribution is -2.29. The van der Waals surface area contributed by atoms with E-state index in [1.807, 2.05) is 31.2 Å². The Morgan fingerprint density at radius 3 is 2.77 bits per heavy atom. The van der Waals surface area contributed by atoms with Gasteiger partial charge in [-0.2, -0.15) is 5.10 Å². The van der Waals surface area contributed by atoms with Crippen LogP contribution in [-0.2, 0) is 4.79 Å². The molecule has 1 aromatic carbocycles. The van der Waals surface area contributed by atoms with Crippen LogP contribution in [0, 0.1) is 18.8 Å². The van der Waals surface area contributed by atoms with Crippen molar-refractivity contribution in [2.24, 2.45) is 17.6 Å². The first-order chi connectivity index (χ1) is 10.7. The molecule has 22 heavy (non-hydrogen) atoms. The second kappa shape index (κ2) is 6.27. The van der Waals surface area contributed by atoms with E-state index >= 15 is 0 Å². The molecule has 0 saturated heterocycles. The highest BCUT2D eigenvalue weighted by molar-refractivity contribution is 5.93. The van der Waals surface area contributed by atoms with Crippen LogP contribution < -0.4 is 11.1 Å². The number of H-pyrrole nitrogens is 1. The van der Waals surface area contributed by atoms with Crippen LogP contribution in [0.5, 0.6) is 0 Å². The van der Waals surface area contributed by atoms with Gasteiger partial charge in [-0.05, 0) is 56.5 Å². The van der Waals surface area contributed by atoms with Crippen LogP contribution in [0.15, 0.2) is 24.3 Å². The van der Waals surface area contributed by atoms with Crippen molar-refractivity contribution >= 4 is 11.6 Å². The van der Waals surface area contributed by atoms with E-state index < -0.39 is 0 Å². The third-order valence-electron chi connectivity index (χ3n) is 4.31. The molecule has 1 heterocycles. The minimum atomic E-state index is 0.0420. The van der Waals surface area contributed by atoms with E-state index in [2.05, 4.69) is 20.5 Å². The number of aromatic nitrogens is 3. The SMILES string of the molecule is Cc1nc(-c2ccc(NC(=O)[C@@H]3CCC[C@@H]3CN)cc2)n[nH]1. The van der Waals surface area contributed by atoms with Gasteiger partial charge in [0.05, 0.1) is 0 Å². The fourth-order valence-corrected chi connectivity index (χ4v) is 3.07. The maximum Gasteiger partial charge on any atom is 0.227 e. The van der Waals surface area contributed by atoms with Crippen molar-refractivity contribution in [3.63, 3.8) is 0 Å². The maximum absolute atomic E-state index is 12.3. The first-order valence-corrected chi connectivity index (χ1v) is 7.67. The molecule has 1 aromatic heterocycles. The zero-order valence-corrected chi connectivity index (χ0v) is 12.7. The zero-order chi connectivity index (χ0) is 15.5. The van der Waals surface area contributed by atoms with Crippen molar-refractivity contribution in [3.05, 3.63) is 30.1 Å². The fraction of sp³-hybridized carbons (Fsp3) is 0.438. The summed E-state index contributed by atoms with van der Waals surface area (Å²) in [6, 6.07) is 7.58. The Morgan fingerprint density at radius 2 is 2.14 bits per heavy atom. The topological polar surface area (TPSA) is 96.7 Å². The van der Waals surface area contributed by atoms with Gasteiger partial charge in [0, 0.05) is 17.2 Å². The second-order valence-electron chi connectivity index (χ2n) is 5.84. The smallest absolute Gasteiger partial charge is 0.227 e. The molecule has 6 nitrogen and oxygen atoms in total. The summed E-state index contributed by atoms with van der Waals surface area (Å²) >= 11 is 0. The predicted octanol–water partition coefficient (Wildman–Crippen LogP) is 2.09. The lowest BCUT2D eigenvalue weighted by molar-refractivity contribution is -0.120. The zero-order valence-electron chi connectivity index (χ0n) is 12.7. The number of carbonyl (C=O) groups is 1. The number of nitrogens with one attached hydrogen (secondary N) is 2. The lowest BCUT2D eigenvalue weighted by Gasteiger charge is -2.17. The van der Waals surface area contributed by atoms with Crippen LogP contribution in [0.4, 0.5) is 5.69 Å². The summed E-state index contributed by atoms with van der Waals surface area (Å²) in [6.07, 6.45) is 3.07. The standard InChI is InChI=1S/C16H21N5O/c1-10-18-15(21-20-10)11-5-7-13(8-6-11)19-16(22)14-4-2-3-12(14)9-17/h5-8,12,14H,2-4,9,17H2,1H3,(H,19,22)(H,18,20,21)/t12-,14-/m1/s1. The van der Waals surface area contributed by atoms with Gasteiger partial charge in [-0.25, -0.2) is 4.98 Å². The van der Waals surface area contributed by atoms with Gasteiger partial charge in [0.2, 0.25) is 5.91 Å². The summed E-state index contributed by atoms with van der Waals surface area (Å²) in [5.74, 6) is 1.88. The fourth-order valence-electron chi connectivity index (χ4n) is 3.07. The van der Waals surface area contributed by atoms with Crippen LogP contribution in [0.1, 0.15) is 25.1 Å². The third kappa shape index (κ3) is 3.01. The largest absolute Gasteiger partial charge is 0.330 e. The van der Waals surface area contributed by atoms with Gasteiger partial charge < -0.3 is 11.1 Å². The van der Waals surface area contributed by atoms with Crippen molar-refractivity contribution in [1.29, 1.82) is 0 Å². The number of benzene rings is 1. The summed E-state index contributed by atoms with van der Waals surface area (Å²) in [7, 11) is 0. The van der Waals surface area contributed by atoms with E-state index in [-0.39, 0.29) is 11.8 Å². The number of carbonyl (C=O) groups excluding carboxylic acids is 1. The molecule has 2 aromatic rings. The first-order valence-electron chi connectivity index (χ1n) is 7.67. The average Bonchev–Trinajstić information content (AvgIpc) is 3.16. The van der Waals surface area contributed by atoms with E-state index in [0.29, 0.717) is 18.3 Å². The third-order valence-corrected chi connectivity index (χ3v) is 4.31. The minimum absolute atomic E-state index is 0.0420. The number of nitrogens with zero attached hydrogens (tertiary/aromatic N) is 2. The molecule has 0 radical (unpaired) electrons. The Balaban J connectivity index is 1.67. The molecule has 0 unspecified atom stereocenters. The molecule has 1 fully saturated rings. The number of rotatable bonds is 4. The Hall–Kier alpha value is -2.21. The second-order valence-corrected chi connectivity index (χ2v) is 5.84. The molecule has 4 N–H and O–H groups in total. The van der Waals surface area contributed by atoms with E-state index in [1.54, 1.807) is 0 Å². The van der Waals surface area contributed by atoms with Gasteiger partial charge in [0.15, 0.2) is 5.82 Å². The van der Waals surface area contributed by atoms with Crippen molar-refractivity contribution in [3.8, 4) is 11.4 Å². The molecule has 0 aliphatic heterocycles. The number of hydrogen-bond donors (Lipinski definition) is 3. The Morgan fingerprint density at radius 1 is 1.36 bits per heavy atom. The molecule has 0 bridgehead atoms. The number of aromatic amines is 1. The van der Waals surface area contributed by atoms with Crippen LogP contribution in [0.25, 0.3) is 11.4 Å². The molecular weight excluding hydrogens is 278 g/mol. The first kappa shape index (κ1) is 14.7. The highest BCUT2D eigenvalue weighted by atomic mass is 16.1. The molecule has 2 atom stereocenters. The summed E-state index contributed by atoms with van der Waals surface area (Å²) in [5.41, 5.74) is 7.46. The summed E-state index contributed by atoms with van der Waals surface area (Å²) in [4.78, 5) is 16.6. The molecular formula is C16H21N5O. The molecule has 0 spiro atoms. The number of nitrogens with two attached hydrogens (primary N) is 1. The van der Waals surface area contributed by atoms with Crippen LogP contribution in [0.2, 0.25) is 0 Å². The predicted molar refractivity (Wildman–Crippen MR) is 85.1 cm³/mol. The molecule has 1 aliphatic carbocycles. The van der Waals surface area contributed by atoms with Crippen molar-refractivity contribution in [1.82, 2.24) is 15.2 Å². The normalized spacial score (nSPS) is 21.0. The minimum Gasteiger partial charge on any atom is -0.330 e. The quantitative estimate of drug-likeness (QED) is 0.805. The highest BCUT2D eigenvalue weighted by Crippen LogP contribution is 2.32. The van der Waals surface area contributed by atoms with Crippen LogP contribution in [0.3, 0.4) is 0 Å². The lowest BCUT2D eigenvalue weighted by atomic mass is 9.95. The molecule has 1 amide bonds. The van der Waals surface area contributed by atoms with Crippen LogP contribution in [-0.4, -0.2) is 27.6 Å². The number of hydrogen-bond acceptors (Lipinski definition) is 4. The average molecular weight is 299 g/mol. The maximum atomic E-state index is 12.3. The van der Waals surface area contributed by atoms with Gasteiger partial charge >= 0.3 is 0 Å². The summed E-state index contributed by atoms with van der Waals surface area (Å²) in [5, 5.41) is 9.93. The molecule has 1 aliphatic rings. The Labute approximate surface area is 129 Å². The van der Waals surface area contributed by atoms with E-state index in [0.717, 1.165) is 36.3 Å². The molecule has 1 saturated carbocycles. The van der Waals surface area contributed by atoms with Gasteiger partial charge in [-0.1, -0.05) is 6.42 Å². The number of aryl methyl sites for hydroxylation is 1. The van der Waals surface area contributed by atoms with Gasteiger partial charge in [-0.15, -0.1) is 0 Å². The van der Waals surface area contributed by atoms with Gasteiger partial charge in [-0.3, -0.25) is 9.89 Å². The van der Waals surface area contributed by atoms with E-state index in [1.165, 1.54) is 0 Å². The highest BCUT2D eigenvalue weighted by Gasteiger charge is 2.31. The monoisotopic (exact) mass is 299 g/mol. The van der Waals surface area contributed by atoms with E-state index in [9.17, 15) is 4.79 Å². The Kier molecular flexibility index (Phi) is 4.20. The molecule has 6 heteroatoms. The summed E-state index contributed by atoms with van der Waals surface area (Å²) in [6.45, 7) is 2.45. The van der Waals surface area contributed by atoms with E-state index in [4.69, 9.17) is 5.73 Å². The van der Waals surface area contributed by atoms with Crippen molar-refractivity contribution in [2.45, 2.75) is 26.2 Å². The van der Waals surface area contributed by atoms with Crippen molar-refractivity contribution < 1.29 is 4.79 Å². The van der Waals surface area contributed by atoms with Crippen molar-refractivity contribution in [2.75, 3.05) is 11.9 Å². The molecule has 116 valence electrons. The number of anilines is 1. The van der Waals surface area contributed by atoms with Gasteiger partial charge in [0.1, 0.15) is 5.82 Å². The van der Waals surface area contributed by atoms with Crippen LogP contribution >= 0.6 is 0 Å². The Bertz CT molecular complexity index is 649. The molecule has 3 rings (SSSR count). The number of amides is 1.